The molecule has 0 aliphatic heterocycles. The molecule has 0 saturated heterocycles. The molecule has 0 fully saturated rings. The molecule has 0 N–H and O–H groups in total. The van der Waals surface area contributed by atoms with Crippen LogP contribution in [0.15, 0.2) is 23.9 Å². The van der Waals surface area contributed by atoms with Crippen LogP contribution in [-0.2, 0) is 18.6 Å². The van der Waals surface area contributed by atoms with Crippen LogP contribution in [0.25, 0.3) is 0 Å². The first kappa shape index (κ1) is 36.5. The molecule has 1 radical (unpaired) electrons. The van der Waals surface area contributed by atoms with Crippen LogP contribution >= 0.6 is 0 Å². The summed E-state index contributed by atoms with van der Waals surface area (Å²) >= 11 is 0. The van der Waals surface area contributed by atoms with Gasteiger partial charge in [0.05, 0.1) is 0 Å². The molecule has 0 aromatic carbocycles. The number of halogens is 5. The molecule has 0 spiro atoms. The quantitative estimate of drug-likeness (QED) is 0.461. The molecule has 0 atom stereocenters. The van der Waals surface area contributed by atoms with Gasteiger partial charge in [-0.2, -0.15) is 0 Å². The van der Waals surface area contributed by atoms with Gasteiger partial charge in [-0.3, -0.25) is 0 Å². The minimum Gasteiger partial charge on any atom is -1.00 e. The van der Waals surface area contributed by atoms with Crippen LogP contribution in [0.3, 0.4) is 0 Å². The van der Waals surface area contributed by atoms with Gasteiger partial charge in [-0.15, -0.1) is 0 Å². The molecule has 1 rings (SSSR count). The van der Waals surface area contributed by atoms with Crippen LogP contribution < -0.4 is 62.0 Å². The van der Waals surface area contributed by atoms with Crippen LogP contribution in [0.5, 0.6) is 0 Å². The second kappa shape index (κ2) is 18.3. The molecule has 0 amide bonds. The fourth-order valence-corrected chi connectivity index (χ4v) is 1.89. The summed E-state index contributed by atoms with van der Waals surface area (Å²) < 4.78 is 0. The maximum Gasteiger partial charge on any atom is 0.0233 e. The maximum atomic E-state index is 2.47. The zero-order valence-electron chi connectivity index (χ0n) is 10.9. The average Bonchev–Trinajstić information content (AvgIpc) is 2.37. The molecular formula is C11H19Cl5NV-5. The third-order valence-electron chi connectivity index (χ3n) is 2.20. The monoisotopic (exact) mass is 391 g/mol. The smallest absolute Gasteiger partial charge is 0.0233 e. The van der Waals surface area contributed by atoms with Crippen molar-refractivity contribution >= 4 is 0 Å². The van der Waals surface area contributed by atoms with E-state index in [0.717, 1.165) is 6.42 Å². The molecular weight excluding hydrogens is 374 g/mol. The summed E-state index contributed by atoms with van der Waals surface area (Å²) in [5, 5.41) is 0. The summed E-state index contributed by atoms with van der Waals surface area (Å²) in [7, 11) is 0. The van der Waals surface area contributed by atoms with Gasteiger partial charge in [0.25, 0.3) is 0 Å². The largest absolute Gasteiger partial charge is 1.00 e. The molecule has 1 aliphatic rings. The van der Waals surface area contributed by atoms with Crippen molar-refractivity contribution in [2.24, 2.45) is 0 Å². The van der Waals surface area contributed by atoms with Crippen LogP contribution in [0.2, 0.25) is 0 Å². The van der Waals surface area contributed by atoms with Gasteiger partial charge in [0.15, 0.2) is 0 Å². The normalized spacial score (nSPS) is 10.7. The van der Waals surface area contributed by atoms with Crippen molar-refractivity contribution < 1.29 is 80.6 Å². The molecule has 18 heavy (non-hydrogen) atoms. The molecule has 0 heterocycles. The average molecular weight is 393 g/mol. The fraction of sp³-hybridized carbons (Fsp3) is 0.636. The van der Waals surface area contributed by atoms with Crippen molar-refractivity contribution in [3.05, 3.63) is 23.9 Å². The Hall–Kier alpha value is 1.31. The van der Waals surface area contributed by atoms with Crippen LogP contribution in [0.4, 0.5) is 0 Å². The Kier molecular flexibility index (Phi) is 37.2. The SMILES string of the molecule is CC(C)N(C1=CC=CC1)C(C)C.[Cl-].[Cl-].[Cl-].[Cl-].[Cl-].[V]. The first-order chi connectivity index (χ1) is 5.63. The summed E-state index contributed by atoms with van der Waals surface area (Å²) in [6, 6.07) is 1.22. The van der Waals surface area contributed by atoms with Crippen molar-refractivity contribution in [1.29, 1.82) is 0 Å². The van der Waals surface area contributed by atoms with E-state index in [9.17, 15) is 0 Å². The first-order valence-electron chi connectivity index (χ1n) is 4.77. The van der Waals surface area contributed by atoms with Gasteiger partial charge in [-0.1, -0.05) is 12.2 Å². The van der Waals surface area contributed by atoms with E-state index >= 15 is 0 Å². The van der Waals surface area contributed by atoms with Gasteiger partial charge in [0.1, 0.15) is 0 Å². The zero-order chi connectivity index (χ0) is 9.14. The molecule has 7 heteroatoms. The third-order valence-corrected chi connectivity index (χ3v) is 2.20. The van der Waals surface area contributed by atoms with Crippen LogP contribution in [0, 0.1) is 0 Å². The summed E-state index contributed by atoms with van der Waals surface area (Å²) in [6.45, 7) is 9.00. The van der Waals surface area contributed by atoms with Gasteiger partial charge < -0.3 is 66.9 Å². The third kappa shape index (κ3) is 11.2. The number of hydrogen-bond acceptors (Lipinski definition) is 1. The van der Waals surface area contributed by atoms with E-state index in [1.165, 1.54) is 5.70 Å². The molecule has 0 bridgehead atoms. The molecule has 1 nitrogen and oxygen atoms in total. The van der Waals surface area contributed by atoms with Gasteiger partial charge in [-0.25, -0.2) is 0 Å². The minimum absolute atomic E-state index is 0. The molecule has 0 saturated carbocycles. The predicted octanol–water partition coefficient (Wildman–Crippen LogP) is -12.0. The van der Waals surface area contributed by atoms with Crippen molar-refractivity contribution in [2.45, 2.75) is 46.2 Å². The predicted molar refractivity (Wildman–Crippen MR) is 54.0 cm³/mol. The molecule has 113 valence electrons. The summed E-state index contributed by atoms with van der Waals surface area (Å²) in [6.07, 6.45) is 7.69. The van der Waals surface area contributed by atoms with E-state index in [1.807, 2.05) is 0 Å². The topological polar surface area (TPSA) is 3.24 Å². The van der Waals surface area contributed by atoms with Crippen molar-refractivity contribution in [3.63, 3.8) is 0 Å². The van der Waals surface area contributed by atoms with Gasteiger partial charge >= 0.3 is 0 Å². The van der Waals surface area contributed by atoms with E-state index < -0.39 is 0 Å². The Morgan fingerprint density at radius 1 is 0.889 bits per heavy atom. The van der Waals surface area contributed by atoms with Crippen molar-refractivity contribution in [3.8, 4) is 0 Å². The first-order valence-corrected chi connectivity index (χ1v) is 4.77. The van der Waals surface area contributed by atoms with E-state index in [0.29, 0.717) is 12.1 Å². The number of hydrogen-bond donors (Lipinski definition) is 0. The Morgan fingerprint density at radius 3 is 1.50 bits per heavy atom. The number of allylic oxidation sites excluding steroid dienone is 3. The van der Waals surface area contributed by atoms with E-state index in [2.05, 4.69) is 50.8 Å². The fourth-order valence-electron chi connectivity index (χ4n) is 1.89. The Morgan fingerprint density at radius 2 is 1.28 bits per heavy atom. The molecule has 0 aromatic heterocycles. The number of rotatable bonds is 3. The zero-order valence-corrected chi connectivity index (χ0v) is 16.1. The Bertz CT molecular complexity index is 211. The molecule has 1 aliphatic carbocycles. The Balaban J connectivity index is -0.0000000600. The van der Waals surface area contributed by atoms with E-state index in [4.69, 9.17) is 0 Å². The van der Waals surface area contributed by atoms with E-state index in [1.54, 1.807) is 0 Å². The van der Waals surface area contributed by atoms with Gasteiger partial charge in [0, 0.05) is 42.8 Å². The Labute approximate surface area is 155 Å². The standard InChI is InChI=1S/C11H19N.5ClH.V/c1-9(2)12(10(3)4)11-7-5-6-8-11;;;;;;/h5-7,9-10H,8H2,1-4H3;5*1H;/p-5. The summed E-state index contributed by atoms with van der Waals surface area (Å²) in [4.78, 5) is 2.47. The molecule has 0 unspecified atom stereocenters. The van der Waals surface area contributed by atoms with Crippen molar-refractivity contribution in [2.75, 3.05) is 0 Å². The van der Waals surface area contributed by atoms with E-state index in [-0.39, 0.29) is 80.6 Å². The second-order valence-corrected chi connectivity index (χ2v) is 3.89. The van der Waals surface area contributed by atoms with Crippen LogP contribution in [-0.4, -0.2) is 17.0 Å². The summed E-state index contributed by atoms with van der Waals surface area (Å²) in [5.74, 6) is 0. The van der Waals surface area contributed by atoms with Gasteiger partial charge in [-0.05, 0) is 33.8 Å². The second-order valence-electron chi connectivity index (χ2n) is 3.89. The van der Waals surface area contributed by atoms with Gasteiger partial charge in [0.2, 0.25) is 0 Å². The molecule has 0 aromatic rings. The maximum absolute atomic E-state index is 2.47. The number of nitrogens with zero attached hydrogens (tertiary/aromatic N) is 1. The minimum atomic E-state index is 0. The summed E-state index contributed by atoms with van der Waals surface area (Å²) in [5.41, 5.74) is 1.46. The van der Waals surface area contributed by atoms with Crippen molar-refractivity contribution in [1.82, 2.24) is 4.90 Å². The van der Waals surface area contributed by atoms with Crippen LogP contribution in [0.1, 0.15) is 34.1 Å².